The lowest BCUT2D eigenvalue weighted by molar-refractivity contribution is -0.159. The number of nitrogens with zero attached hydrogens (tertiary/aromatic N) is 1. The molecule has 2 rings (SSSR count). The molecule has 0 aromatic rings. The predicted octanol–water partition coefficient (Wildman–Crippen LogP) is -0.649. The predicted molar refractivity (Wildman–Crippen MR) is 68.0 cm³/mol. The van der Waals surface area contributed by atoms with Crippen molar-refractivity contribution in [2.75, 3.05) is 26.2 Å². The van der Waals surface area contributed by atoms with Gasteiger partial charge in [-0.25, -0.2) is 9.59 Å². The van der Waals surface area contributed by atoms with Gasteiger partial charge in [0.2, 0.25) is 0 Å². The first kappa shape index (κ1) is 15.9. The lowest BCUT2D eigenvalue weighted by Crippen LogP contribution is -2.46. The first-order valence-electron chi connectivity index (χ1n) is 6.59. The second-order valence-electron chi connectivity index (χ2n) is 4.81. The molecule has 4 N–H and O–H groups in total. The van der Waals surface area contributed by atoms with E-state index < -0.39 is 11.9 Å². The number of carbonyl (C=O) groups is 2. The van der Waals surface area contributed by atoms with E-state index in [9.17, 15) is 5.11 Å². The largest absolute Gasteiger partial charge is 0.473 e. The number of hydrogen-bond donors (Lipinski definition) is 4. The fourth-order valence-corrected chi connectivity index (χ4v) is 2.67. The van der Waals surface area contributed by atoms with Crippen LogP contribution in [0.1, 0.15) is 25.7 Å². The van der Waals surface area contributed by atoms with E-state index in [1.54, 1.807) is 0 Å². The third-order valence-corrected chi connectivity index (χ3v) is 3.59. The van der Waals surface area contributed by atoms with Crippen molar-refractivity contribution in [1.82, 2.24) is 10.2 Å². The minimum atomic E-state index is -1.82. The summed E-state index contributed by atoms with van der Waals surface area (Å²) in [5.41, 5.74) is 0. The molecule has 0 bridgehead atoms. The van der Waals surface area contributed by atoms with Crippen LogP contribution in [0.3, 0.4) is 0 Å². The summed E-state index contributed by atoms with van der Waals surface area (Å²) < 4.78 is 0. The van der Waals surface area contributed by atoms with Gasteiger partial charge in [-0.05, 0) is 45.3 Å². The van der Waals surface area contributed by atoms with Crippen molar-refractivity contribution in [3.63, 3.8) is 0 Å². The number of carboxylic acid groups (broad SMARTS) is 2. The Balaban J connectivity index is 0.000000258. The summed E-state index contributed by atoms with van der Waals surface area (Å²) in [7, 11) is 0. The van der Waals surface area contributed by atoms with E-state index >= 15 is 0 Å². The Morgan fingerprint density at radius 1 is 1.11 bits per heavy atom. The molecule has 0 aromatic carbocycles. The first-order chi connectivity index (χ1) is 9.06. The van der Waals surface area contributed by atoms with Gasteiger partial charge in [0.25, 0.3) is 0 Å². The van der Waals surface area contributed by atoms with Gasteiger partial charge >= 0.3 is 11.9 Å². The Kier molecular flexibility index (Phi) is 6.75. The molecule has 1 atom stereocenters. The average Bonchev–Trinajstić information content (AvgIpc) is 2.88. The summed E-state index contributed by atoms with van der Waals surface area (Å²) in [5.74, 6) is -3.65. The maximum atomic E-state index is 9.21. The van der Waals surface area contributed by atoms with Crippen molar-refractivity contribution in [1.29, 1.82) is 0 Å². The molecule has 2 aliphatic rings. The Hall–Kier alpha value is -1.18. The van der Waals surface area contributed by atoms with Gasteiger partial charge < -0.3 is 20.6 Å². The zero-order valence-corrected chi connectivity index (χ0v) is 10.9. The summed E-state index contributed by atoms with van der Waals surface area (Å²) in [6.07, 6.45) is 4.99. The van der Waals surface area contributed by atoms with E-state index in [-0.39, 0.29) is 0 Å². The molecule has 1 unspecified atom stereocenters. The van der Waals surface area contributed by atoms with Crippen molar-refractivity contribution in [3.05, 3.63) is 0 Å². The van der Waals surface area contributed by atoms with Crippen molar-refractivity contribution in [3.8, 4) is 0 Å². The van der Waals surface area contributed by atoms with Crippen LogP contribution in [0.5, 0.6) is 0 Å². The molecule has 110 valence electrons. The number of hydrogen-bond acceptors (Lipinski definition) is 5. The van der Waals surface area contributed by atoms with Gasteiger partial charge in [0, 0.05) is 12.1 Å². The van der Waals surface area contributed by atoms with Crippen LogP contribution in [0.2, 0.25) is 0 Å². The van der Waals surface area contributed by atoms with E-state index in [2.05, 4.69) is 10.2 Å². The molecule has 0 spiro atoms. The van der Waals surface area contributed by atoms with Crippen LogP contribution in [0.25, 0.3) is 0 Å². The molecule has 2 fully saturated rings. The molecule has 2 heterocycles. The highest BCUT2D eigenvalue weighted by Crippen LogP contribution is 2.23. The Bertz CT molecular complexity index is 292. The standard InChI is InChI=1S/C10H20N2O.C2H2O4/c13-8-10-2-1-7-12(10)9-3-5-11-6-4-9;3-1(4)2(5)6/h9-11,13H,1-8H2;(H,3,4)(H,5,6). The average molecular weight is 274 g/mol. The van der Waals surface area contributed by atoms with Gasteiger partial charge in [0.1, 0.15) is 0 Å². The maximum Gasteiger partial charge on any atom is 0.414 e. The second-order valence-corrected chi connectivity index (χ2v) is 4.81. The molecule has 0 aliphatic carbocycles. The molecule has 2 saturated heterocycles. The van der Waals surface area contributed by atoms with Crippen molar-refractivity contribution in [2.24, 2.45) is 0 Å². The third-order valence-electron chi connectivity index (χ3n) is 3.59. The molecule has 2 aliphatic heterocycles. The first-order valence-corrected chi connectivity index (χ1v) is 6.59. The number of rotatable bonds is 2. The molecule has 0 radical (unpaired) electrons. The van der Waals surface area contributed by atoms with Gasteiger partial charge in [0.05, 0.1) is 6.61 Å². The number of aliphatic hydroxyl groups is 1. The molecule has 0 amide bonds. The lowest BCUT2D eigenvalue weighted by Gasteiger charge is -2.35. The smallest absolute Gasteiger partial charge is 0.414 e. The van der Waals surface area contributed by atoms with Crippen LogP contribution in [-0.2, 0) is 9.59 Å². The van der Waals surface area contributed by atoms with Crippen LogP contribution in [0, 0.1) is 0 Å². The number of aliphatic hydroxyl groups excluding tert-OH is 1. The fraction of sp³-hybridized carbons (Fsp3) is 0.833. The SMILES string of the molecule is O=C(O)C(=O)O.OCC1CCCN1C1CCNCC1. The van der Waals surface area contributed by atoms with Crippen LogP contribution < -0.4 is 5.32 Å². The highest BCUT2D eigenvalue weighted by Gasteiger charge is 2.30. The summed E-state index contributed by atoms with van der Waals surface area (Å²) in [6, 6.07) is 1.20. The van der Waals surface area contributed by atoms with Gasteiger partial charge in [-0.3, -0.25) is 4.90 Å². The van der Waals surface area contributed by atoms with Gasteiger partial charge in [0.15, 0.2) is 0 Å². The Labute approximate surface area is 112 Å². The highest BCUT2D eigenvalue weighted by molar-refractivity contribution is 6.27. The minimum absolute atomic E-state index is 0.351. The fourth-order valence-electron chi connectivity index (χ4n) is 2.67. The maximum absolute atomic E-state index is 9.21. The van der Waals surface area contributed by atoms with E-state index in [4.69, 9.17) is 19.8 Å². The van der Waals surface area contributed by atoms with Gasteiger partial charge in [-0.2, -0.15) is 0 Å². The number of aliphatic carboxylic acids is 2. The molecule has 0 aromatic heterocycles. The van der Waals surface area contributed by atoms with Crippen molar-refractivity contribution < 1.29 is 24.9 Å². The second kappa shape index (κ2) is 8.08. The van der Waals surface area contributed by atoms with Gasteiger partial charge in [-0.15, -0.1) is 0 Å². The summed E-state index contributed by atoms with van der Waals surface area (Å²) in [4.78, 5) is 20.7. The Morgan fingerprint density at radius 3 is 2.16 bits per heavy atom. The molecule has 0 saturated carbocycles. The molecule has 7 heteroatoms. The summed E-state index contributed by atoms with van der Waals surface area (Å²) in [6.45, 7) is 3.86. The monoisotopic (exact) mass is 274 g/mol. The van der Waals surface area contributed by atoms with Crippen molar-refractivity contribution >= 4 is 11.9 Å². The normalized spacial score (nSPS) is 24.6. The number of carboxylic acids is 2. The third kappa shape index (κ3) is 5.14. The van der Waals surface area contributed by atoms with E-state index in [0.717, 1.165) is 19.1 Å². The van der Waals surface area contributed by atoms with Gasteiger partial charge in [-0.1, -0.05) is 0 Å². The van der Waals surface area contributed by atoms with E-state index in [1.807, 2.05) is 0 Å². The number of piperidine rings is 1. The molecule has 19 heavy (non-hydrogen) atoms. The number of likely N-dealkylation sites (tertiary alicyclic amines) is 1. The lowest BCUT2D eigenvalue weighted by atomic mass is 10.0. The Morgan fingerprint density at radius 2 is 1.68 bits per heavy atom. The molecular weight excluding hydrogens is 252 g/mol. The zero-order chi connectivity index (χ0) is 14.3. The van der Waals surface area contributed by atoms with Crippen LogP contribution >= 0.6 is 0 Å². The zero-order valence-electron chi connectivity index (χ0n) is 10.9. The van der Waals surface area contributed by atoms with Crippen LogP contribution in [0.4, 0.5) is 0 Å². The van der Waals surface area contributed by atoms with E-state index in [0.29, 0.717) is 12.6 Å². The van der Waals surface area contributed by atoms with Crippen LogP contribution in [0.15, 0.2) is 0 Å². The molecule has 7 nitrogen and oxygen atoms in total. The molecular formula is C12H22N2O5. The van der Waals surface area contributed by atoms with Crippen LogP contribution in [-0.4, -0.2) is 70.5 Å². The summed E-state index contributed by atoms with van der Waals surface area (Å²) in [5, 5.41) is 27.4. The summed E-state index contributed by atoms with van der Waals surface area (Å²) >= 11 is 0. The minimum Gasteiger partial charge on any atom is -0.473 e. The van der Waals surface area contributed by atoms with Crippen molar-refractivity contribution in [2.45, 2.75) is 37.8 Å². The van der Waals surface area contributed by atoms with E-state index in [1.165, 1.54) is 32.2 Å². The quantitative estimate of drug-likeness (QED) is 0.495. The number of nitrogens with one attached hydrogen (secondary N) is 1. The topological polar surface area (TPSA) is 110 Å². The highest BCUT2D eigenvalue weighted by atomic mass is 16.4.